The second-order valence-corrected chi connectivity index (χ2v) is 7.89. The summed E-state index contributed by atoms with van der Waals surface area (Å²) in [6.07, 6.45) is 5.63. The summed E-state index contributed by atoms with van der Waals surface area (Å²) >= 11 is 0. The van der Waals surface area contributed by atoms with Crippen LogP contribution >= 0.6 is 0 Å². The van der Waals surface area contributed by atoms with E-state index < -0.39 is 0 Å². The maximum Gasteiger partial charge on any atom is 0.245 e. The lowest BCUT2D eigenvalue weighted by atomic mass is 10.0. The Bertz CT molecular complexity index is 732. The number of ether oxygens (including phenoxy) is 1. The van der Waals surface area contributed by atoms with E-state index in [4.69, 9.17) is 4.74 Å². The van der Waals surface area contributed by atoms with E-state index in [1.54, 1.807) is 7.11 Å². The van der Waals surface area contributed by atoms with Crippen LogP contribution in [0, 0.1) is 5.92 Å². The number of hydrogen-bond acceptors (Lipinski definition) is 5. The largest absolute Gasteiger partial charge is 0.497 e. The van der Waals surface area contributed by atoms with E-state index in [-0.39, 0.29) is 24.8 Å². The highest BCUT2D eigenvalue weighted by Crippen LogP contribution is 2.20. The number of hydrogen-bond donors (Lipinski definition) is 2. The number of nitrogens with zero attached hydrogens (tertiary/aromatic N) is 2. The topological polar surface area (TPSA) is 73.9 Å². The SMILES string of the molecule is COc1ccc(C2=CCC(=O)N(CC(=O)NCCCN3CCCC(C)C3)N2)cc1. The van der Waals surface area contributed by atoms with E-state index >= 15 is 0 Å². The zero-order chi connectivity index (χ0) is 20.6. The van der Waals surface area contributed by atoms with Crippen LogP contribution in [0.5, 0.6) is 5.75 Å². The Morgan fingerprint density at radius 2 is 2.10 bits per heavy atom. The lowest BCUT2D eigenvalue weighted by Crippen LogP contribution is -2.49. The minimum absolute atomic E-state index is 0.00702. The molecule has 1 unspecified atom stereocenters. The van der Waals surface area contributed by atoms with Crippen LogP contribution in [0.1, 0.15) is 38.2 Å². The van der Waals surface area contributed by atoms with E-state index in [0.29, 0.717) is 6.54 Å². The molecule has 2 heterocycles. The molecule has 29 heavy (non-hydrogen) atoms. The smallest absolute Gasteiger partial charge is 0.245 e. The van der Waals surface area contributed by atoms with Gasteiger partial charge >= 0.3 is 0 Å². The van der Waals surface area contributed by atoms with E-state index in [2.05, 4.69) is 22.6 Å². The third-order valence-corrected chi connectivity index (χ3v) is 5.45. The highest BCUT2D eigenvalue weighted by Gasteiger charge is 2.22. The summed E-state index contributed by atoms with van der Waals surface area (Å²) < 4.78 is 5.18. The molecule has 2 N–H and O–H groups in total. The predicted molar refractivity (Wildman–Crippen MR) is 113 cm³/mol. The minimum atomic E-state index is -0.145. The number of carbonyl (C=O) groups is 2. The summed E-state index contributed by atoms with van der Waals surface area (Å²) in [6.45, 7) is 6.26. The molecule has 3 rings (SSSR count). The van der Waals surface area contributed by atoms with Crippen LogP contribution in [0.2, 0.25) is 0 Å². The van der Waals surface area contributed by atoms with E-state index in [9.17, 15) is 9.59 Å². The second-order valence-electron chi connectivity index (χ2n) is 7.89. The maximum absolute atomic E-state index is 12.3. The fraction of sp³-hybridized carbons (Fsp3) is 0.545. The molecule has 0 aromatic heterocycles. The van der Waals surface area contributed by atoms with Crippen LogP contribution in [0.15, 0.2) is 30.3 Å². The van der Waals surface area contributed by atoms with Crippen LogP contribution in [-0.2, 0) is 9.59 Å². The van der Waals surface area contributed by atoms with E-state index in [0.717, 1.165) is 49.0 Å². The summed E-state index contributed by atoms with van der Waals surface area (Å²) in [5.74, 6) is 1.28. The van der Waals surface area contributed by atoms with Crippen LogP contribution < -0.4 is 15.5 Å². The van der Waals surface area contributed by atoms with Crippen molar-refractivity contribution in [3.05, 3.63) is 35.9 Å². The van der Waals surface area contributed by atoms with Gasteiger partial charge in [0.1, 0.15) is 12.3 Å². The molecule has 1 atom stereocenters. The van der Waals surface area contributed by atoms with Crippen molar-refractivity contribution >= 4 is 17.5 Å². The first kappa shape index (κ1) is 21.2. The molecule has 1 saturated heterocycles. The molecule has 1 fully saturated rings. The average molecular weight is 401 g/mol. The molecular formula is C22H32N4O3. The number of carbonyl (C=O) groups excluding carboxylic acids is 2. The molecule has 2 amide bonds. The van der Waals surface area contributed by atoms with Crippen molar-refractivity contribution in [1.82, 2.24) is 20.7 Å². The molecule has 1 aromatic carbocycles. The van der Waals surface area contributed by atoms with Gasteiger partial charge in [0.2, 0.25) is 11.8 Å². The quantitative estimate of drug-likeness (QED) is 0.653. The van der Waals surface area contributed by atoms with Crippen molar-refractivity contribution in [2.24, 2.45) is 5.92 Å². The first-order valence-corrected chi connectivity index (χ1v) is 10.5. The van der Waals surface area contributed by atoms with Crippen molar-refractivity contribution in [2.45, 2.75) is 32.6 Å². The maximum atomic E-state index is 12.3. The molecule has 2 aliphatic heterocycles. The highest BCUT2D eigenvalue weighted by molar-refractivity contribution is 5.88. The van der Waals surface area contributed by atoms with Gasteiger partial charge in [0.25, 0.3) is 0 Å². The van der Waals surface area contributed by atoms with Gasteiger partial charge in [0.15, 0.2) is 0 Å². The number of likely N-dealkylation sites (tertiary alicyclic amines) is 1. The third kappa shape index (κ3) is 6.22. The Balaban J connectivity index is 1.42. The zero-order valence-corrected chi connectivity index (χ0v) is 17.4. The Kier molecular flexibility index (Phi) is 7.52. The summed E-state index contributed by atoms with van der Waals surface area (Å²) in [5.41, 5.74) is 4.83. The van der Waals surface area contributed by atoms with Gasteiger partial charge in [0, 0.05) is 19.5 Å². The van der Waals surface area contributed by atoms with Gasteiger partial charge in [-0.3, -0.25) is 15.0 Å². The minimum Gasteiger partial charge on any atom is -0.497 e. The van der Waals surface area contributed by atoms with Crippen LogP contribution in [0.25, 0.3) is 5.70 Å². The molecule has 0 spiro atoms. The Labute approximate surface area is 173 Å². The van der Waals surface area contributed by atoms with E-state index in [1.165, 1.54) is 17.9 Å². The normalized spacial score (nSPS) is 20.1. The first-order chi connectivity index (χ1) is 14.0. The lowest BCUT2D eigenvalue weighted by molar-refractivity contribution is -0.137. The first-order valence-electron chi connectivity index (χ1n) is 10.5. The number of hydrazine groups is 1. The summed E-state index contributed by atoms with van der Waals surface area (Å²) in [4.78, 5) is 27.0. The number of amides is 2. The van der Waals surface area contributed by atoms with Gasteiger partial charge < -0.3 is 15.0 Å². The van der Waals surface area contributed by atoms with Gasteiger partial charge in [-0.15, -0.1) is 0 Å². The number of nitrogens with one attached hydrogen (secondary N) is 2. The van der Waals surface area contributed by atoms with Crippen LogP contribution in [-0.4, -0.2) is 61.6 Å². The van der Waals surface area contributed by atoms with Crippen LogP contribution in [0.3, 0.4) is 0 Å². The molecule has 1 aromatic rings. The zero-order valence-electron chi connectivity index (χ0n) is 17.4. The fourth-order valence-electron chi connectivity index (χ4n) is 3.85. The number of methoxy groups -OCH3 is 1. The summed E-state index contributed by atoms with van der Waals surface area (Å²) in [7, 11) is 1.62. The third-order valence-electron chi connectivity index (χ3n) is 5.45. The van der Waals surface area contributed by atoms with Gasteiger partial charge in [-0.1, -0.05) is 6.92 Å². The molecule has 7 nitrogen and oxygen atoms in total. The highest BCUT2D eigenvalue weighted by atomic mass is 16.5. The van der Waals surface area contributed by atoms with Gasteiger partial charge in [-0.05, 0) is 74.2 Å². The molecule has 0 aliphatic carbocycles. The average Bonchev–Trinajstić information content (AvgIpc) is 2.73. The molecule has 0 bridgehead atoms. The number of rotatable bonds is 8. The lowest BCUT2D eigenvalue weighted by Gasteiger charge is -2.31. The van der Waals surface area contributed by atoms with E-state index in [1.807, 2.05) is 30.3 Å². The predicted octanol–water partition coefficient (Wildman–Crippen LogP) is 2.01. The molecule has 0 radical (unpaired) electrons. The molecule has 2 aliphatic rings. The standard InChI is InChI=1S/C22H32N4O3/c1-17-5-3-13-25(15-17)14-4-12-23-21(27)16-26-22(28)11-10-20(24-26)18-6-8-19(29-2)9-7-18/h6-10,17,24H,3-5,11-16H2,1-2H3,(H,23,27). The number of benzene rings is 1. The van der Waals surface area contributed by atoms with Gasteiger partial charge in [0.05, 0.1) is 12.8 Å². The van der Waals surface area contributed by atoms with Crippen LogP contribution in [0.4, 0.5) is 0 Å². The Hall–Kier alpha value is -2.54. The summed E-state index contributed by atoms with van der Waals surface area (Å²) in [6, 6.07) is 7.59. The van der Waals surface area contributed by atoms with Crippen molar-refractivity contribution < 1.29 is 14.3 Å². The van der Waals surface area contributed by atoms with Crippen molar-refractivity contribution in [1.29, 1.82) is 0 Å². The second kappa shape index (κ2) is 10.3. The Morgan fingerprint density at radius 1 is 1.31 bits per heavy atom. The van der Waals surface area contributed by atoms with Crippen molar-refractivity contribution in [3.63, 3.8) is 0 Å². The molecule has 7 heteroatoms. The molecule has 0 saturated carbocycles. The summed E-state index contributed by atoms with van der Waals surface area (Å²) in [5, 5.41) is 4.33. The van der Waals surface area contributed by atoms with Crippen molar-refractivity contribution in [2.75, 3.05) is 39.8 Å². The van der Waals surface area contributed by atoms with Crippen molar-refractivity contribution in [3.8, 4) is 5.75 Å². The molecular weight excluding hydrogens is 368 g/mol. The van der Waals surface area contributed by atoms with Gasteiger partial charge in [-0.2, -0.15) is 0 Å². The van der Waals surface area contributed by atoms with Gasteiger partial charge in [-0.25, -0.2) is 5.01 Å². The monoisotopic (exact) mass is 400 g/mol. The Morgan fingerprint density at radius 3 is 2.83 bits per heavy atom. The molecule has 158 valence electrons. The number of piperidine rings is 1. The fourth-order valence-corrected chi connectivity index (χ4v) is 3.85.